The van der Waals surface area contributed by atoms with Crippen molar-refractivity contribution in [1.29, 1.82) is 0 Å². The normalized spacial score (nSPS) is 25.6. The molecule has 0 N–H and O–H groups in total. The molecule has 23 heavy (non-hydrogen) atoms. The van der Waals surface area contributed by atoms with Crippen molar-refractivity contribution < 1.29 is 27.4 Å². The van der Waals surface area contributed by atoms with Crippen LogP contribution in [0.5, 0.6) is 0 Å². The molecule has 2 fully saturated rings. The quantitative estimate of drug-likeness (QED) is 0.837. The molecule has 2 aliphatic rings. The molecule has 2 aliphatic heterocycles. The van der Waals surface area contributed by atoms with Crippen LogP contribution in [0.2, 0.25) is 0 Å². The SMILES string of the molecule is O=C([C@H]1CCCO1)N1CCO[C@H](c2ccc(C(F)(F)F)cc2)C1. The second-order valence-corrected chi connectivity index (χ2v) is 5.77. The predicted molar refractivity (Wildman–Crippen MR) is 75.7 cm³/mol. The zero-order valence-electron chi connectivity index (χ0n) is 12.5. The number of amides is 1. The molecule has 4 nitrogen and oxygen atoms in total. The van der Waals surface area contributed by atoms with Crippen molar-refractivity contribution in [2.24, 2.45) is 0 Å². The van der Waals surface area contributed by atoms with Crippen molar-refractivity contribution in [3.05, 3.63) is 35.4 Å². The van der Waals surface area contributed by atoms with Crippen LogP contribution in [0.15, 0.2) is 24.3 Å². The van der Waals surface area contributed by atoms with E-state index in [1.165, 1.54) is 12.1 Å². The summed E-state index contributed by atoms with van der Waals surface area (Å²) in [6.45, 7) is 1.78. The molecule has 1 aromatic carbocycles. The number of hydrogen-bond donors (Lipinski definition) is 0. The molecule has 0 saturated carbocycles. The number of alkyl halides is 3. The molecule has 126 valence electrons. The first-order valence-electron chi connectivity index (χ1n) is 7.64. The Bertz CT molecular complexity index is 553. The Morgan fingerprint density at radius 1 is 1.13 bits per heavy atom. The molecule has 2 heterocycles. The summed E-state index contributed by atoms with van der Waals surface area (Å²) in [5.74, 6) is -0.0530. The molecule has 0 aliphatic carbocycles. The van der Waals surface area contributed by atoms with E-state index < -0.39 is 17.8 Å². The minimum absolute atomic E-state index is 0.0530. The van der Waals surface area contributed by atoms with Crippen LogP contribution in [0, 0.1) is 0 Å². The Morgan fingerprint density at radius 3 is 2.48 bits per heavy atom. The molecule has 1 aromatic rings. The summed E-state index contributed by atoms with van der Waals surface area (Å²) < 4.78 is 48.8. The van der Waals surface area contributed by atoms with Gasteiger partial charge in [-0.3, -0.25) is 4.79 Å². The van der Waals surface area contributed by atoms with Gasteiger partial charge in [0.15, 0.2) is 0 Å². The van der Waals surface area contributed by atoms with Gasteiger partial charge in [0.1, 0.15) is 12.2 Å². The minimum Gasteiger partial charge on any atom is -0.370 e. The fourth-order valence-electron chi connectivity index (χ4n) is 2.91. The Hall–Kier alpha value is -1.60. The third-order valence-electron chi connectivity index (χ3n) is 4.19. The zero-order chi connectivity index (χ0) is 16.4. The van der Waals surface area contributed by atoms with Crippen molar-refractivity contribution in [2.75, 3.05) is 26.3 Å². The van der Waals surface area contributed by atoms with E-state index in [2.05, 4.69) is 0 Å². The lowest BCUT2D eigenvalue weighted by Gasteiger charge is -2.34. The van der Waals surface area contributed by atoms with Gasteiger partial charge in [-0.25, -0.2) is 0 Å². The predicted octanol–water partition coefficient (Wildman–Crippen LogP) is 2.78. The molecule has 2 saturated heterocycles. The maximum Gasteiger partial charge on any atom is 0.416 e. The van der Waals surface area contributed by atoms with E-state index in [9.17, 15) is 18.0 Å². The Morgan fingerprint density at radius 2 is 1.87 bits per heavy atom. The molecule has 0 unspecified atom stereocenters. The van der Waals surface area contributed by atoms with Crippen LogP contribution < -0.4 is 0 Å². The smallest absolute Gasteiger partial charge is 0.370 e. The van der Waals surface area contributed by atoms with Gasteiger partial charge in [-0.2, -0.15) is 13.2 Å². The maximum atomic E-state index is 12.6. The van der Waals surface area contributed by atoms with Gasteiger partial charge >= 0.3 is 6.18 Å². The monoisotopic (exact) mass is 329 g/mol. The van der Waals surface area contributed by atoms with Crippen LogP contribution in [0.1, 0.15) is 30.1 Å². The second-order valence-electron chi connectivity index (χ2n) is 5.77. The number of nitrogens with zero attached hydrogens (tertiary/aromatic N) is 1. The number of hydrogen-bond acceptors (Lipinski definition) is 3. The highest BCUT2D eigenvalue weighted by molar-refractivity contribution is 5.81. The number of carbonyl (C=O) groups excluding carboxylic acids is 1. The van der Waals surface area contributed by atoms with E-state index in [1.807, 2.05) is 0 Å². The van der Waals surface area contributed by atoms with Crippen molar-refractivity contribution in [3.63, 3.8) is 0 Å². The molecule has 7 heteroatoms. The molecule has 0 aromatic heterocycles. The second kappa shape index (κ2) is 6.49. The average Bonchev–Trinajstić information content (AvgIpc) is 3.08. The van der Waals surface area contributed by atoms with E-state index in [1.54, 1.807) is 4.90 Å². The molecule has 1 amide bonds. The third-order valence-corrected chi connectivity index (χ3v) is 4.19. The molecular formula is C16H18F3NO3. The van der Waals surface area contributed by atoms with Crippen molar-refractivity contribution in [3.8, 4) is 0 Å². The van der Waals surface area contributed by atoms with E-state index in [0.717, 1.165) is 25.0 Å². The Kier molecular flexibility index (Phi) is 4.59. The number of benzene rings is 1. The summed E-state index contributed by atoms with van der Waals surface area (Å²) in [6, 6.07) is 4.90. The summed E-state index contributed by atoms with van der Waals surface area (Å²) in [4.78, 5) is 14.0. The van der Waals surface area contributed by atoms with Crippen LogP contribution in [-0.2, 0) is 20.4 Å². The average molecular weight is 329 g/mol. The molecule has 3 rings (SSSR count). The first-order valence-corrected chi connectivity index (χ1v) is 7.64. The van der Waals surface area contributed by atoms with Gasteiger partial charge in [0.25, 0.3) is 5.91 Å². The molecule has 0 spiro atoms. The lowest BCUT2D eigenvalue weighted by atomic mass is 10.0. The van der Waals surface area contributed by atoms with Gasteiger partial charge < -0.3 is 14.4 Å². The van der Waals surface area contributed by atoms with Gasteiger partial charge in [0.2, 0.25) is 0 Å². The number of halogens is 3. The van der Waals surface area contributed by atoms with Crippen LogP contribution in [0.4, 0.5) is 13.2 Å². The minimum atomic E-state index is -4.35. The maximum absolute atomic E-state index is 12.6. The lowest BCUT2D eigenvalue weighted by molar-refractivity contribution is -0.148. The third kappa shape index (κ3) is 3.67. The highest BCUT2D eigenvalue weighted by Gasteiger charge is 2.33. The van der Waals surface area contributed by atoms with Crippen LogP contribution in [0.3, 0.4) is 0 Å². The van der Waals surface area contributed by atoms with Gasteiger partial charge in [-0.1, -0.05) is 12.1 Å². The molecule has 2 atom stereocenters. The fraction of sp³-hybridized carbons (Fsp3) is 0.562. The Labute approximate surface area is 132 Å². The topological polar surface area (TPSA) is 38.8 Å². The van der Waals surface area contributed by atoms with E-state index in [-0.39, 0.29) is 12.0 Å². The first-order chi connectivity index (χ1) is 10.9. The zero-order valence-corrected chi connectivity index (χ0v) is 12.5. The van der Waals surface area contributed by atoms with E-state index >= 15 is 0 Å². The summed E-state index contributed by atoms with van der Waals surface area (Å²) in [5, 5.41) is 0. The highest BCUT2D eigenvalue weighted by Crippen LogP contribution is 2.31. The van der Waals surface area contributed by atoms with Gasteiger partial charge in [-0.15, -0.1) is 0 Å². The molecule has 0 radical (unpaired) electrons. The van der Waals surface area contributed by atoms with Gasteiger partial charge in [0, 0.05) is 13.2 Å². The van der Waals surface area contributed by atoms with Crippen molar-refractivity contribution in [2.45, 2.75) is 31.2 Å². The summed E-state index contributed by atoms with van der Waals surface area (Å²) >= 11 is 0. The van der Waals surface area contributed by atoms with Crippen LogP contribution >= 0.6 is 0 Å². The Balaban J connectivity index is 1.67. The molecular weight excluding hydrogens is 311 g/mol. The summed E-state index contributed by atoms with van der Waals surface area (Å²) in [5.41, 5.74) is -0.0489. The fourth-order valence-corrected chi connectivity index (χ4v) is 2.91. The van der Waals surface area contributed by atoms with E-state index in [4.69, 9.17) is 9.47 Å². The van der Waals surface area contributed by atoms with E-state index in [0.29, 0.717) is 31.9 Å². The van der Waals surface area contributed by atoms with Crippen LogP contribution in [-0.4, -0.2) is 43.2 Å². The lowest BCUT2D eigenvalue weighted by Crippen LogP contribution is -2.46. The van der Waals surface area contributed by atoms with Crippen molar-refractivity contribution in [1.82, 2.24) is 4.90 Å². The molecule has 0 bridgehead atoms. The summed E-state index contributed by atoms with van der Waals surface area (Å²) in [6.07, 6.45) is -3.55. The summed E-state index contributed by atoms with van der Waals surface area (Å²) in [7, 11) is 0. The standard InChI is InChI=1S/C16H18F3NO3/c17-16(18,19)12-5-3-11(4-6-12)14-10-20(7-9-23-14)15(21)13-2-1-8-22-13/h3-6,13-14H,1-2,7-10H2/t13-,14+/m1/s1. The number of ether oxygens (including phenoxy) is 2. The number of rotatable bonds is 2. The first kappa shape index (κ1) is 16.3. The van der Waals surface area contributed by atoms with Crippen molar-refractivity contribution >= 4 is 5.91 Å². The van der Waals surface area contributed by atoms with Gasteiger partial charge in [-0.05, 0) is 30.5 Å². The number of morpholine rings is 1. The van der Waals surface area contributed by atoms with Crippen LogP contribution in [0.25, 0.3) is 0 Å². The largest absolute Gasteiger partial charge is 0.416 e. The number of carbonyl (C=O) groups is 1. The van der Waals surface area contributed by atoms with Gasteiger partial charge in [0.05, 0.1) is 18.7 Å². The highest BCUT2D eigenvalue weighted by atomic mass is 19.4.